The number of rotatable bonds is 11. The van der Waals surface area contributed by atoms with Crippen molar-refractivity contribution in [3.05, 3.63) is 90.0 Å². The van der Waals surface area contributed by atoms with Gasteiger partial charge in [0.05, 0.1) is 36.8 Å². The Bertz CT molecular complexity index is 995. The first-order chi connectivity index (χ1) is 15.2. The second-order valence-electron chi connectivity index (χ2n) is 7.03. The Kier molecular flexibility index (Phi) is 8.24. The molecule has 3 aromatic rings. The van der Waals surface area contributed by atoms with E-state index < -0.39 is 10.8 Å². The molecule has 0 N–H and O–H groups in total. The van der Waals surface area contributed by atoms with Gasteiger partial charge in [0.25, 0.3) is 0 Å². The smallest absolute Gasteiger partial charge is 0.210 e. The minimum absolute atomic E-state index is 0.292. The van der Waals surface area contributed by atoms with Crippen LogP contribution in [0.2, 0.25) is 0 Å². The summed E-state index contributed by atoms with van der Waals surface area (Å²) in [5.74, 6) is 1.65. The molecule has 162 valence electrons. The van der Waals surface area contributed by atoms with Crippen molar-refractivity contribution >= 4 is 17.2 Å². The van der Waals surface area contributed by atoms with E-state index in [1.165, 1.54) is 0 Å². The lowest BCUT2D eigenvalue weighted by Gasteiger charge is -2.29. The van der Waals surface area contributed by atoms with Crippen molar-refractivity contribution in [1.29, 1.82) is 0 Å². The normalized spacial score (nSPS) is 12.6. The maximum atomic E-state index is 13.0. The number of hydrogen-bond acceptors (Lipinski definition) is 4. The van der Waals surface area contributed by atoms with Crippen molar-refractivity contribution in [2.45, 2.75) is 17.4 Å². The Balaban J connectivity index is 1.80. The molecule has 1 amide bonds. The molecule has 3 rings (SSSR count). The van der Waals surface area contributed by atoms with Crippen LogP contribution >= 0.6 is 0 Å². The number of methoxy groups -OCH3 is 2. The Morgan fingerprint density at radius 1 is 0.903 bits per heavy atom. The predicted molar refractivity (Wildman–Crippen MR) is 123 cm³/mol. The number of carbonyl (C=O) groups is 1. The molecule has 0 fully saturated rings. The highest BCUT2D eigenvalue weighted by atomic mass is 32.2. The third kappa shape index (κ3) is 5.95. The van der Waals surface area contributed by atoms with Crippen molar-refractivity contribution in [3.8, 4) is 11.5 Å². The lowest BCUT2D eigenvalue weighted by atomic mass is 10.1. The zero-order valence-corrected chi connectivity index (χ0v) is 18.6. The lowest BCUT2D eigenvalue weighted by molar-refractivity contribution is -0.119. The molecular weight excluding hydrogens is 410 g/mol. The van der Waals surface area contributed by atoms with Gasteiger partial charge in [0.1, 0.15) is 0 Å². The van der Waals surface area contributed by atoms with E-state index in [0.717, 1.165) is 22.4 Å². The molecule has 3 aromatic carbocycles. The minimum Gasteiger partial charge on any atom is -0.493 e. The van der Waals surface area contributed by atoms with E-state index in [1.54, 1.807) is 19.1 Å². The van der Waals surface area contributed by atoms with Crippen LogP contribution in [0.25, 0.3) is 0 Å². The maximum absolute atomic E-state index is 13.0. The van der Waals surface area contributed by atoms with E-state index in [9.17, 15) is 9.00 Å². The van der Waals surface area contributed by atoms with Gasteiger partial charge in [-0.1, -0.05) is 54.6 Å². The molecule has 0 aliphatic rings. The highest BCUT2D eigenvalue weighted by Crippen LogP contribution is 2.28. The van der Waals surface area contributed by atoms with Crippen LogP contribution in [0, 0.1) is 0 Å². The van der Waals surface area contributed by atoms with Gasteiger partial charge in [0.2, 0.25) is 6.41 Å². The van der Waals surface area contributed by atoms with Crippen LogP contribution in [0.5, 0.6) is 11.5 Å². The summed E-state index contributed by atoms with van der Waals surface area (Å²) in [4.78, 5) is 14.6. The SMILES string of the molecule is COc1ccc(CCN(C=O)C(CS(=O)c2ccccc2)c2ccccc2)cc1OC. The van der Waals surface area contributed by atoms with Gasteiger partial charge in [0.15, 0.2) is 11.5 Å². The van der Waals surface area contributed by atoms with Crippen molar-refractivity contribution in [3.63, 3.8) is 0 Å². The first-order valence-electron chi connectivity index (χ1n) is 10.1. The van der Waals surface area contributed by atoms with Crippen LogP contribution in [-0.4, -0.2) is 42.0 Å². The molecule has 0 aliphatic heterocycles. The predicted octanol–water partition coefficient (Wildman–Crippen LogP) is 4.25. The van der Waals surface area contributed by atoms with Gasteiger partial charge in [0, 0.05) is 11.4 Å². The van der Waals surface area contributed by atoms with Gasteiger partial charge in [-0.15, -0.1) is 0 Å². The summed E-state index contributed by atoms with van der Waals surface area (Å²) < 4.78 is 23.7. The Morgan fingerprint density at radius 2 is 1.55 bits per heavy atom. The largest absolute Gasteiger partial charge is 0.493 e. The highest BCUT2D eigenvalue weighted by molar-refractivity contribution is 7.85. The average Bonchev–Trinajstić information content (AvgIpc) is 2.84. The molecule has 2 atom stereocenters. The molecule has 0 spiro atoms. The molecule has 31 heavy (non-hydrogen) atoms. The fraction of sp³-hybridized carbons (Fsp3) is 0.240. The zero-order chi connectivity index (χ0) is 22.1. The maximum Gasteiger partial charge on any atom is 0.210 e. The summed E-state index contributed by atoms with van der Waals surface area (Å²) in [6, 6.07) is 24.6. The number of benzene rings is 3. The van der Waals surface area contributed by atoms with E-state index in [2.05, 4.69) is 0 Å². The third-order valence-electron chi connectivity index (χ3n) is 5.14. The first kappa shape index (κ1) is 22.6. The molecule has 2 unspecified atom stereocenters. The summed E-state index contributed by atoms with van der Waals surface area (Å²) >= 11 is 0. The molecule has 0 radical (unpaired) electrons. The summed E-state index contributed by atoms with van der Waals surface area (Å²) in [7, 11) is 1.97. The fourth-order valence-corrected chi connectivity index (χ4v) is 4.77. The Hall–Kier alpha value is -3.12. The minimum atomic E-state index is -1.23. The van der Waals surface area contributed by atoms with Crippen molar-refractivity contribution in [2.75, 3.05) is 26.5 Å². The molecule has 0 saturated carbocycles. The second kappa shape index (κ2) is 11.3. The Morgan fingerprint density at radius 3 is 2.16 bits per heavy atom. The van der Waals surface area contributed by atoms with Gasteiger partial charge >= 0.3 is 0 Å². The van der Waals surface area contributed by atoms with Crippen molar-refractivity contribution in [2.24, 2.45) is 0 Å². The molecule has 5 nitrogen and oxygen atoms in total. The average molecular weight is 438 g/mol. The van der Waals surface area contributed by atoms with Crippen LogP contribution in [-0.2, 0) is 22.0 Å². The van der Waals surface area contributed by atoms with Crippen LogP contribution in [0.4, 0.5) is 0 Å². The summed E-state index contributed by atoms with van der Waals surface area (Å²) in [6.45, 7) is 0.491. The molecule has 0 aliphatic carbocycles. The number of ether oxygens (including phenoxy) is 2. The standard InChI is InChI=1S/C25H27NO4S/c1-29-24-14-13-20(17-25(24)30-2)15-16-26(19-27)23(21-9-5-3-6-10-21)18-31(28)22-11-7-4-8-12-22/h3-14,17,19,23H,15-16,18H2,1-2H3. The molecule has 0 aromatic heterocycles. The van der Waals surface area contributed by atoms with E-state index in [-0.39, 0.29) is 6.04 Å². The van der Waals surface area contributed by atoms with Gasteiger partial charge in [-0.25, -0.2) is 0 Å². The second-order valence-corrected chi connectivity index (χ2v) is 8.53. The number of nitrogens with zero attached hydrogens (tertiary/aromatic N) is 1. The van der Waals surface area contributed by atoms with Crippen molar-refractivity contribution in [1.82, 2.24) is 4.90 Å². The fourth-order valence-electron chi connectivity index (χ4n) is 3.45. The van der Waals surface area contributed by atoms with Gasteiger partial charge in [-0.05, 0) is 41.8 Å². The molecule has 6 heteroatoms. The van der Waals surface area contributed by atoms with E-state index >= 15 is 0 Å². The molecular formula is C25H27NO4S. The van der Waals surface area contributed by atoms with E-state index in [4.69, 9.17) is 9.47 Å². The monoisotopic (exact) mass is 437 g/mol. The van der Waals surface area contributed by atoms with E-state index in [0.29, 0.717) is 30.2 Å². The number of hydrogen-bond donors (Lipinski definition) is 0. The van der Waals surface area contributed by atoms with Gasteiger partial charge in [-0.2, -0.15) is 0 Å². The third-order valence-corrected chi connectivity index (χ3v) is 6.56. The van der Waals surface area contributed by atoms with Crippen LogP contribution in [0.3, 0.4) is 0 Å². The van der Waals surface area contributed by atoms with Crippen LogP contribution in [0.15, 0.2) is 83.8 Å². The van der Waals surface area contributed by atoms with Gasteiger partial charge in [-0.3, -0.25) is 9.00 Å². The van der Waals surface area contributed by atoms with E-state index in [1.807, 2.05) is 78.9 Å². The first-order valence-corrected chi connectivity index (χ1v) is 11.4. The molecule has 0 saturated heterocycles. The zero-order valence-electron chi connectivity index (χ0n) is 17.8. The van der Waals surface area contributed by atoms with Crippen LogP contribution in [0.1, 0.15) is 17.2 Å². The molecule has 0 heterocycles. The summed E-state index contributed by atoms with van der Waals surface area (Å²) in [6.07, 6.45) is 1.49. The number of carbonyl (C=O) groups excluding carboxylic acids is 1. The molecule has 0 bridgehead atoms. The highest BCUT2D eigenvalue weighted by Gasteiger charge is 2.22. The quantitative estimate of drug-likeness (QED) is 0.421. The topological polar surface area (TPSA) is 55.8 Å². The summed E-state index contributed by atoms with van der Waals surface area (Å²) in [5, 5.41) is 0. The lowest BCUT2D eigenvalue weighted by Crippen LogP contribution is -2.33. The van der Waals surface area contributed by atoms with Crippen molar-refractivity contribution < 1.29 is 18.5 Å². The number of amides is 1. The summed E-state index contributed by atoms with van der Waals surface area (Å²) in [5.41, 5.74) is 1.99. The van der Waals surface area contributed by atoms with Gasteiger partial charge < -0.3 is 14.4 Å². The Labute approximate surface area is 186 Å². The van der Waals surface area contributed by atoms with Crippen LogP contribution < -0.4 is 9.47 Å².